The van der Waals surface area contributed by atoms with Crippen molar-refractivity contribution in [2.45, 2.75) is 20.0 Å². The van der Waals surface area contributed by atoms with Crippen molar-refractivity contribution >= 4 is 17.4 Å². The number of aliphatic hydroxyl groups is 1. The summed E-state index contributed by atoms with van der Waals surface area (Å²) in [6, 6.07) is 7.49. The van der Waals surface area contributed by atoms with E-state index >= 15 is 0 Å². The second-order valence-electron chi connectivity index (χ2n) is 4.29. The van der Waals surface area contributed by atoms with Crippen molar-refractivity contribution in [2.24, 2.45) is 0 Å². The first kappa shape index (κ1) is 15.3. The molecule has 0 radical (unpaired) electrons. The molecule has 0 aromatic heterocycles. The highest BCUT2D eigenvalue weighted by Crippen LogP contribution is 2.20. The molecule has 0 saturated carbocycles. The smallest absolute Gasteiger partial charge is 0.0881 e. The first-order valence-corrected chi connectivity index (χ1v) is 7.66. The summed E-state index contributed by atoms with van der Waals surface area (Å²) in [5.41, 5.74) is 7.32. The largest absolute Gasteiger partial charge is 0.399 e. The molecule has 0 fully saturated rings. The van der Waals surface area contributed by atoms with E-state index in [4.69, 9.17) is 5.73 Å². The summed E-state index contributed by atoms with van der Waals surface area (Å²) in [6.45, 7) is 7.62. The third kappa shape index (κ3) is 5.29. The lowest BCUT2D eigenvalue weighted by Gasteiger charge is -2.18. The molecular weight excluding hydrogens is 244 g/mol. The molecule has 1 aromatic carbocycles. The summed E-state index contributed by atoms with van der Waals surface area (Å²) in [7, 11) is 0. The predicted octanol–water partition coefficient (Wildman–Crippen LogP) is 2.38. The molecule has 1 unspecified atom stereocenters. The van der Waals surface area contributed by atoms with E-state index in [0.717, 1.165) is 36.7 Å². The molecule has 18 heavy (non-hydrogen) atoms. The number of thioether (sulfide) groups is 1. The summed E-state index contributed by atoms with van der Waals surface area (Å²) in [5.74, 6) is 1.78. The fourth-order valence-corrected chi connectivity index (χ4v) is 2.76. The van der Waals surface area contributed by atoms with Crippen molar-refractivity contribution in [3.8, 4) is 0 Å². The zero-order valence-electron chi connectivity index (χ0n) is 11.3. The van der Waals surface area contributed by atoms with Gasteiger partial charge in [0.15, 0.2) is 0 Å². The Labute approximate surface area is 114 Å². The third-order valence-corrected chi connectivity index (χ3v) is 4.04. The zero-order chi connectivity index (χ0) is 13.4. The minimum Gasteiger partial charge on any atom is -0.399 e. The normalized spacial score (nSPS) is 12.9. The highest BCUT2D eigenvalue weighted by molar-refractivity contribution is 7.99. The van der Waals surface area contributed by atoms with Gasteiger partial charge in [-0.05, 0) is 30.8 Å². The molecule has 3 nitrogen and oxygen atoms in total. The standard InChI is InChI=1S/C14H24N2OS/c1-3-16(4-2)8-9-18-11-14(17)12-6-5-7-13(15)10-12/h5-7,10,14,17H,3-4,8-9,11,15H2,1-2H3. The van der Waals surface area contributed by atoms with Crippen LogP contribution in [0.2, 0.25) is 0 Å². The van der Waals surface area contributed by atoms with Crippen LogP contribution in [0.3, 0.4) is 0 Å². The summed E-state index contributed by atoms with van der Waals surface area (Å²) >= 11 is 1.79. The number of anilines is 1. The number of nitrogens with zero attached hydrogens (tertiary/aromatic N) is 1. The molecule has 102 valence electrons. The Bertz CT molecular complexity index is 342. The summed E-state index contributed by atoms with van der Waals surface area (Å²) < 4.78 is 0. The van der Waals surface area contributed by atoms with Crippen molar-refractivity contribution in [3.05, 3.63) is 29.8 Å². The molecule has 0 amide bonds. The van der Waals surface area contributed by atoms with Gasteiger partial charge >= 0.3 is 0 Å². The van der Waals surface area contributed by atoms with E-state index in [-0.39, 0.29) is 0 Å². The van der Waals surface area contributed by atoms with Gasteiger partial charge in [0.25, 0.3) is 0 Å². The minimum atomic E-state index is -0.421. The number of rotatable bonds is 8. The number of nitrogens with two attached hydrogens (primary N) is 1. The quantitative estimate of drug-likeness (QED) is 0.561. The molecule has 0 heterocycles. The van der Waals surface area contributed by atoms with Crippen LogP contribution >= 0.6 is 11.8 Å². The van der Waals surface area contributed by atoms with Gasteiger partial charge in [0.2, 0.25) is 0 Å². The van der Waals surface area contributed by atoms with Gasteiger partial charge in [0.1, 0.15) is 0 Å². The molecule has 3 N–H and O–H groups in total. The second-order valence-corrected chi connectivity index (χ2v) is 5.44. The number of benzene rings is 1. The Balaban J connectivity index is 2.27. The lowest BCUT2D eigenvalue weighted by atomic mass is 10.1. The first-order chi connectivity index (χ1) is 8.67. The zero-order valence-corrected chi connectivity index (χ0v) is 12.1. The highest BCUT2D eigenvalue weighted by Gasteiger charge is 2.08. The van der Waals surface area contributed by atoms with Crippen molar-refractivity contribution in [1.29, 1.82) is 0 Å². The average Bonchev–Trinajstić information content (AvgIpc) is 2.38. The lowest BCUT2D eigenvalue weighted by Crippen LogP contribution is -2.25. The van der Waals surface area contributed by atoms with E-state index in [9.17, 15) is 5.11 Å². The Kier molecular flexibility index (Phi) is 7.16. The maximum absolute atomic E-state index is 10.0. The van der Waals surface area contributed by atoms with Gasteiger partial charge in [0.05, 0.1) is 6.10 Å². The third-order valence-electron chi connectivity index (χ3n) is 3.02. The van der Waals surface area contributed by atoms with Crippen molar-refractivity contribution in [3.63, 3.8) is 0 Å². The van der Waals surface area contributed by atoms with Crippen LogP contribution in [0.25, 0.3) is 0 Å². The van der Waals surface area contributed by atoms with E-state index in [0.29, 0.717) is 5.69 Å². The monoisotopic (exact) mass is 268 g/mol. The molecule has 0 aliphatic carbocycles. The van der Waals surface area contributed by atoms with Crippen LogP contribution in [0.5, 0.6) is 0 Å². The van der Waals surface area contributed by atoms with Crippen LogP contribution in [0.1, 0.15) is 25.5 Å². The van der Waals surface area contributed by atoms with Crippen LogP contribution in [-0.4, -0.2) is 41.1 Å². The van der Waals surface area contributed by atoms with E-state index < -0.39 is 6.10 Å². The number of hydrogen-bond acceptors (Lipinski definition) is 4. The fraction of sp³-hybridized carbons (Fsp3) is 0.571. The van der Waals surface area contributed by atoms with E-state index in [1.807, 2.05) is 24.3 Å². The molecule has 1 atom stereocenters. The van der Waals surface area contributed by atoms with Crippen molar-refractivity contribution in [2.75, 3.05) is 36.9 Å². The number of nitrogen functional groups attached to an aromatic ring is 1. The van der Waals surface area contributed by atoms with Crippen LogP contribution in [0.4, 0.5) is 5.69 Å². The molecule has 0 spiro atoms. The van der Waals surface area contributed by atoms with Gasteiger partial charge in [-0.25, -0.2) is 0 Å². The predicted molar refractivity (Wildman–Crippen MR) is 80.9 cm³/mol. The second kappa shape index (κ2) is 8.40. The van der Waals surface area contributed by atoms with Gasteiger partial charge in [-0.15, -0.1) is 0 Å². The number of aliphatic hydroxyl groups excluding tert-OH is 1. The lowest BCUT2D eigenvalue weighted by molar-refractivity contribution is 0.204. The van der Waals surface area contributed by atoms with E-state index in [1.54, 1.807) is 11.8 Å². The van der Waals surface area contributed by atoms with Gasteiger partial charge < -0.3 is 15.7 Å². The topological polar surface area (TPSA) is 49.5 Å². The molecule has 1 rings (SSSR count). The summed E-state index contributed by atoms with van der Waals surface area (Å²) in [5, 5.41) is 10.0. The maximum Gasteiger partial charge on any atom is 0.0881 e. The Morgan fingerprint density at radius 3 is 2.67 bits per heavy atom. The Morgan fingerprint density at radius 2 is 2.06 bits per heavy atom. The average molecular weight is 268 g/mol. The summed E-state index contributed by atoms with van der Waals surface area (Å²) in [4.78, 5) is 2.39. The molecule has 0 bridgehead atoms. The number of hydrogen-bond donors (Lipinski definition) is 2. The maximum atomic E-state index is 10.0. The molecule has 0 aliphatic rings. The molecular formula is C14H24N2OS. The summed E-state index contributed by atoms with van der Waals surface area (Å²) in [6.07, 6.45) is -0.421. The van der Waals surface area contributed by atoms with Gasteiger partial charge in [-0.2, -0.15) is 11.8 Å². The van der Waals surface area contributed by atoms with E-state index in [1.165, 1.54) is 0 Å². The Hall–Kier alpha value is -0.710. The molecule has 4 heteroatoms. The molecule has 0 saturated heterocycles. The van der Waals surface area contributed by atoms with Gasteiger partial charge in [-0.3, -0.25) is 0 Å². The Morgan fingerprint density at radius 1 is 1.33 bits per heavy atom. The fourth-order valence-electron chi connectivity index (χ4n) is 1.79. The highest BCUT2D eigenvalue weighted by atomic mass is 32.2. The minimum absolute atomic E-state index is 0.421. The molecule has 1 aromatic rings. The first-order valence-electron chi connectivity index (χ1n) is 6.51. The van der Waals surface area contributed by atoms with Gasteiger partial charge in [-0.1, -0.05) is 26.0 Å². The van der Waals surface area contributed by atoms with Crippen molar-refractivity contribution < 1.29 is 5.11 Å². The van der Waals surface area contributed by atoms with Crippen LogP contribution < -0.4 is 5.73 Å². The van der Waals surface area contributed by atoms with Gasteiger partial charge in [0, 0.05) is 23.7 Å². The van der Waals surface area contributed by atoms with Crippen LogP contribution in [0.15, 0.2) is 24.3 Å². The SMILES string of the molecule is CCN(CC)CCSCC(O)c1cccc(N)c1. The van der Waals surface area contributed by atoms with Crippen LogP contribution in [0, 0.1) is 0 Å². The van der Waals surface area contributed by atoms with Crippen molar-refractivity contribution in [1.82, 2.24) is 4.90 Å². The van der Waals surface area contributed by atoms with Crippen LogP contribution in [-0.2, 0) is 0 Å². The van der Waals surface area contributed by atoms with E-state index in [2.05, 4.69) is 18.7 Å². The molecule has 0 aliphatic heterocycles.